The van der Waals surface area contributed by atoms with Gasteiger partial charge in [-0.1, -0.05) is 48.0 Å². The summed E-state index contributed by atoms with van der Waals surface area (Å²) in [7, 11) is 0. The molecule has 0 saturated carbocycles. The molecular weight excluding hydrogens is 464 g/mol. The van der Waals surface area contributed by atoms with E-state index in [9.17, 15) is 14.4 Å². The molecule has 35 heavy (non-hydrogen) atoms. The van der Waals surface area contributed by atoms with Crippen molar-refractivity contribution in [2.75, 3.05) is 26.3 Å². The van der Waals surface area contributed by atoms with Gasteiger partial charge in [-0.05, 0) is 54.5 Å². The first-order valence-corrected chi connectivity index (χ1v) is 12.3. The third-order valence-electron chi connectivity index (χ3n) is 7.17. The minimum atomic E-state index is -0.302. The molecule has 0 unspecified atom stereocenters. The van der Waals surface area contributed by atoms with E-state index in [0.29, 0.717) is 47.7 Å². The summed E-state index contributed by atoms with van der Waals surface area (Å²) in [5.41, 5.74) is 2.01. The van der Waals surface area contributed by atoms with Crippen LogP contribution in [0.3, 0.4) is 0 Å². The number of carbonyl (C=O) groups is 3. The minimum Gasteiger partial charge on any atom is -0.381 e. The average Bonchev–Trinajstić information content (AvgIpc) is 2.89. The molecule has 0 atom stereocenters. The lowest BCUT2D eigenvalue weighted by Crippen LogP contribution is -2.45. The lowest BCUT2D eigenvalue weighted by molar-refractivity contribution is -0.121. The van der Waals surface area contributed by atoms with Gasteiger partial charge in [0.15, 0.2) is 0 Å². The Bertz CT molecular complexity index is 1230. The number of nitrogens with zero attached hydrogens (tertiary/aromatic N) is 1. The summed E-state index contributed by atoms with van der Waals surface area (Å²) in [6.45, 7) is 2.00. The molecule has 0 aliphatic carbocycles. The second kappa shape index (κ2) is 9.80. The fraction of sp³-hybridized carbons (Fsp3) is 0.321. The highest BCUT2D eigenvalue weighted by atomic mass is 35.5. The number of hydrogen-bond acceptors (Lipinski definition) is 4. The summed E-state index contributed by atoms with van der Waals surface area (Å²) < 4.78 is 5.57. The molecule has 3 aromatic carbocycles. The highest BCUT2D eigenvalue weighted by Gasteiger charge is 2.35. The van der Waals surface area contributed by atoms with Gasteiger partial charge in [0.25, 0.3) is 11.8 Å². The Morgan fingerprint density at radius 1 is 0.943 bits per heavy atom. The summed E-state index contributed by atoms with van der Waals surface area (Å²) in [6, 6.07) is 18.8. The number of nitrogens with one attached hydrogen (secondary N) is 1. The van der Waals surface area contributed by atoms with Gasteiger partial charge < -0.3 is 10.1 Å². The smallest absolute Gasteiger partial charge is 0.261 e. The molecule has 2 heterocycles. The van der Waals surface area contributed by atoms with E-state index in [1.165, 1.54) is 4.90 Å². The molecule has 2 aliphatic heterocycles. The van der Waals surface area contributed by atoms with E-state index >= 15 is 0 Å². The number of carbonyl (C=O) groups excluding carboxylic acids is 3. The maximum Gasteiger partial charge on any atom is 0.261 e. The lowest BCUT2D eigenvalue weighted by atomic mass is 9.74. The summed E-state index contributed by atoms with van der Waals surface area (Å²) >= 11 is 6.07. The Hall–Kier alpha value is -3.22. The zero-order valence-electron chi connectivity index (χ0n) is 19.4. The Morgan fingerprint density at radius 2 is 1.57 bits per heavy atom. The standard InChI is InChI=1S/C28H27ClN2O4/c29-21-11-9-20(10-12-21)28(13-16-35-17-14-28)18-30-24(32)8-3-15-31-26(33)22-6-1-4-19-5-2-7-23(25(19)22)27(31)34/h1-2,4-7,9-12H,3,8,13-18H2,(H,30,32). The third kappa shape index (κ3) is 4.56. The van der Waals surface area contributed by atoms with Crippen LogP contribution in [-0.2, 0) is 14.9 Å². The first kappa shape index (κ1) is 23.5. The molecule has 7 heteroatoms. The zero-order chi connectivity index (χ0) is 24.4. The van der Waals surface area contributed by atoms with Gasteiger partial charge in [-0.25, -0.2) is 0 Å². The van der Waals surface area contributed by atoms with Crippen LogP contribution in [0.5, 0.6) is 0 Å². The van der Waals surface area contributed by atoms with Crippen molar-refractivity contribution in [2.24, 2.45) is 0 Å². The maximum absolute atomic E-state index is 13.0. The van der Waals surface area contributed by atoms with E-state index in [1.807, 2.05) is 48.5 Å². The molecule has 0 radical (unpaired) electrons. The van der Waals surface area contributed by atoms with Crippen LogP contribution < -0.4 is 5.32 Å². The van der Waals surface area contributed by atoms with Crippen molar-refractivity contribution in [1.29, 1.82) is 0 Å². The van der Waals surface area contributed by atoms with Crippen molar-refractivity contribution in [1.82, 2.24) is 10.2 Å². The molecule has 1 N–H and O–H groups in total. The van der Waals surface area contributed by atoms with Gasteiger partial charge in [-0.3, -0.25) is 19.3 Å². The fourth-order valence-electron chi connectivity index (χ4n) is 5.17. The molecular formula is C28H27ClN2O4. The van der Waals surface area contributed by atoms with Crippen LogP contribution in [-0.4, -0.2) is 48.9 Å². The monoisotopic (exact) mass is 490 g/mol. The Labute approximate surface area is 209 Å². The third-order valence-corrected chi connectivity index (χ3v) is 7.42. The van der Waals surface area contributed by atoms with Gasteiger partial charge in [0.2, 0.25) is 5.91 Å². The topological polar surface area (TPSA) is 75.7 Å². The van der Waals surface area contributed by atoms with Crippen molar-refractivity contribution >= 4 is 40.1 Å². The van der Waals surface area contributed by atoms with E-state index in [1.54, 1.807) is 12.1 Å². The number of hydrogen-bond donors (Lipinski definition) is 1. The molecule has 0 spiro atoms. The summed E-state index contributed by atoms with van der Waals surface area (Å²) in [4.78, 5) is 40.0. The lowest BCUT2D eigenvalue weighted by Gasteiger charge is -2.38. The predicted molar refractivity (Wildman–Crippen MR) is 135 cm³/mol. The van der Waals surface area contributed by atoms with Crippen LogP contribution in [0.4, 0.5) is 0 Å². The highest BCUT2D eigenvalue weighted by molar-refractivity contribution is 6.30. The quantitative estimate of drug-likeness (QED) is 0.486. The van der Waals surface area contributed by atoms with Gasteiger partial charge in [-0.2, -0.15) is 0 Å². The van der Waals surface area contributed by atoms with Gasteiger partial charge in [0.1, 0.15) is 0 Å². The predicted octanol–water partition coefficient (Wildman–Crippen LogP) is 4.73. The van der Waals surface area contributed by atoms with Crippen LogP contribution >= 0.6 is 11.6 Å². The molecule has 0 bridgehead atoms. The van der Waals surface area contributed by atoms with Crippen LogP contribution in [0, 0.1) is 0 Å². The average molecular weight is 491 g/mol. The van der Waals surface area contributed by atoms with Crippen molar-refractivity contribution < 1.29 is 19.1 Å². The summed E-state index contributed by atoms with van der Waals surface area (Å²) in [5, 5.41) is 5.35. The maximum atomic E-state index is 13.0. The number of ether oxygens (including phenoxy) is 1. The van der Waals surface area contributed by atoms with Crippen molar-refractivity contribution in [3.63, 3.8) is 0 Å². The first-order valence-electron chi connectivity index (χ1n) is 12.0. The Balaban J connectivity index is 1.20. The highest BCUT2D eigenvalue weighted by Crippen LogP contribution is 2.35. The second-order valence-electron chi connectivity index (χ2n) is 9.25. The molecule has 1 fully saturated rings. The number of amides is 3. The van der Waals surface area contributed by atoms with E-state index < -0.39 is 0 Å². The van der Waals surface area contributed by atoms with Crippen molar-refractivity contribution in [2.45, 2.75) is 31.1 Å². The Kier molecular flexibility index (Phi) is 6.58. The minimum absolute atomic E-state index is 0.0933. The normalized spacial score (nSPS) is 17.0. The van der Waals surface area contributed by atoms with Gasteiger partial charge in [0.05, 0.1) is 0 Å². The largest absolute Gasteiger partial charge is 0.381 e. The Morgan fingerprint density at radius 3 is 2.20 bits per heavy atom. The SMILES string of the molecule is O=C(CCCN1C(=O)c2cccc3cccc(c23)C1=O)NCC1(c2ccc(Cl)cc2)CCOCC1. The molecule has 0 aromatic heterocycles. The molecule has 3 aromatic rings. The number of rotatable bonds is 7. The summed E-state index contributed by atoms with van der Waals surface area (Å²) in [5.74, 6) is -0.698. The second-order valence-corrected chi connectivity index (χ2v) is 9.69. The number of imide groups is 1. The van der Waals surface area contributed by atoms with Crippen molar-refractivity contribution in [3.8, 4) is 0 Å². The molecule has 180 valence electrons. The van der Waals surface area contributed by atoms with E-state index in [0.717, 1.165) is 23.8 Å². The number of benzene rings is 3. The van der Waals surface area contributed by atoms with E-state index in [2.05, 4.69) is 5.32 Å². The molecule has 3 amide bonds. The number of halogens is 1. The van der Waals surface area contributed by atoms with Crippen LogP contribution in [0.15, 0.2) is 60.7 Å². The van der Waals surface area contributed by atoms with Crippen LogP contribution in [0.25, 0.3) is 10.8 Å². The fourth-order valence-corrected chi connectivity index (χ4v) is 5.30. The van der Waals surface area contributed by atoms with E-state index in [-0.39, 0.29) is 36.1 Å². The molecule has 2 aliphatic rings. The van der Waals surface area contributed by atoms with Gasteiger partial charge in [0, 0.05) is 59.7 Å². The molecule has 6 nitrogen and oxygen atoms in total. The van der Waals surface area contributed by atoms with E-state index in [4.69, 9.17) is 16.3 Å². The molecule has 5 rings (SSSR count). The van der Waals surface area contributed by atoms with Crippen LogP contribution in [0.2, 0.25) is 5.02 Å². The van der Waals surface area contributed by atoms with Gasteiger partial charge in [-0.15, -0.1) is 0 Å². The molecule has 1 saturated heterocycles. The zero-order valence-corrected chi connectivity index (χ0v) is 20.1. The summed E-state index contributed by atoms with van der Waals surface area (Å²) in [6.07, 6.45) is 2.27. The van der Waals surface area contributed by atoms with Crippen molar-refractivity contribution in [3.05, 3.63) is 82.4 Å². The van der Waals surface area contributed by atoms with Gasteiger partial charge >= 0.3 is 0 Å². The first-order chi connectivity index (χ1) is 17.0. The van der Waals surface area contributed by atoms with Crippen LogP contribution in [0.1, 0.15) is 52.0 Å².